The summed E-state index contributed by atoms with van der Waals surface area (Å²) in [5.41, 5.74) is 5.39. The third kappa shape index (κ3) is 6.82. The molecule has 0 saturated carbocycles. The van der Waals surface area contributed by atoms with Crippen LogP contribution in [-0.4, -0.2) is 13.2 Å². The Labute approximate surface area is 163 Å². The zero-order chi connectivity index (χ0) is 18.7. The Hall–Kier alpha value is -2.16. The average molecular weight is 363 g/mol. The van der Waals surface area contributed by atoms with Crippen LogP contribution in [0.25, 0.3) is 0 Å². The van der Waals surface area contributed by atoms with Gasteiger partial charge in [0.05, 0.1) is 26.4 Å². The van der Waals surface area contributed by atoms with E-state index in [9.17, 15) is 0 Å². The van der Waals surface area contributed by atoms with Gasteiger partial charge in [-0.25, -0.2) is 0 Å². The summed E-state index contributed by atoms with van der Waals surface area (Å²) in [5.74, 6) is 0.711. The van der Waals surface area contributed by atoms with Gasteiger partial charge < -0.3 is 9.47 Å². The van der Waals surface area contributed by atoms with Crippen LogP contribution in [-0.2, 0) is 22.7 Å². The number of ether oxygens (including phenoxy) is 2. The normalized spacial score (nSPS) is 16.7. The molecule has 0 N–H and O–H groups in total. The second-order valence-corrected chi connectivity index (χ2v) is 7.22. The first-order chi connectivity index (χ1) is 13.3. The fourth-order valence-corrected chi connectivity index (χ4v) is 3.32. The van der Waals surface area contributed by atoms with Gasteiger partial charge >= 0.3 is 0 Å². The van der Waals surface area contributed by atoms with E-state index >= 15 is 0 Å². The lowest BCUT2D eigenvalue weighted by Crippen LogP contribution is -2.10. The molecular formula is C25H30O2. The molecule has 3 rings (SSSR count). The van der Waals surface area contributed by atoms with Crippen LogP contribution in [0.3, 0.4) is 0 Å². The maximum atomic E-state index is 5.88. The number of rotatable bonds is 11. The highest BCUT2D eigenvalue weighted by Crippen LogP contribution is 2.32. The molecular weight excluding hydrogens is 332 g/mol. The number of benzene rings is 2. The van der Waals surface area contributed by atoms with Crippen LogP contribution in [0.4, 0.5) is 0 Å². The molecule has 1 unspecified atom stereocenters. The highest BCUT2D eigenvalue weighted by molar-refractivity contribution is 5.37. The van der Waals surface area contributed by atoms with E-state index in [1.54, 1.807) is 0 Å². The molecule has 0 heterocycles. The summed E-state index contributed by atoms with van der Waals surface area (Å²) in [5, 5.41) is 0. The predicted molar refractivity (Wildman–Crippen MR) is 111 cm³/mol. The van der Waals surface area contributed by atoms with Crippen LogP contribution < -0.4 is 0 Å². The summed E-state index contributed by atoms with van der Waals surface area (Å²) in [6.45, 7) is 5.16. The van der Waals surface area contributed by atoms with Crippen LogP contribution in [0.2, 0.25) is 0 Å². The maximum absolute atomic E-state index is 5.88. The molecule has 0 aromatic heterocycles. The SMILES string of the molecule is CC1C=C(/C(=C\CCOCc2ccccc2)CCOCc2ccccc2)C1. The van der Waals surface area contributed by atoms with E-state index in [4.69, 9.17) is 9.47 Å². The van der Waals surface area contributed by atoms with E-state index < -0.39 is 0 Å². The van der Waals surface area contributed by atoms with E-state index in [0.717, 1.165) is 26.1 Å². The lowest BCUT2D eigenvalue weighted by molar-refractivity contribution is 0.122. The monoisotopic (exact) mass is 362 g/mol. The van der Waals surface area contributed by atoms with Crippen molar-refractivity contribution >= 4 is 0 Å². The van der Waals surface area contributed by atoms with Crippen LogP contribution in [0.1, 0.15) is 37.3 Å². The Bertz CT molecular complexity index is 731. The predicted octanol–water partition coefficient (Wildman–Crippen LogP) is 6.09. The van der Waals surface area contributed by atoms with Gasteiger partial charge in [0.1, 0.15) is 0 Å². The molecule has 0 fully saturated rings. The maximum Gasteiger partial charge on any atom is 0.0717 e. The van der Waals surface area contributed by atoms with E-state index in [0.29, 0.717) is 19.1 Å². The van der Waals surface area contributed by atoms with Crippen molar-refractivity contribution < 1.29 is 9.47 Å². The molecule has 2 aromatic carbocycles. The largest absolute Gasteiger partial charge is 0.376 e. The molecule has 0 bridgehead atoms. The van der Waals surface area contributed by atoms with Crippen molar-refractivity contribution in [1.82, 2.24) is 0 Å². The lowest BCUT2D eigenvalue weighted by atomic mass is 9.82. The summed E-state index contributed by atoms with van der Waals surface area (Å²) >= 11 is 0. The summed E-state index contributed by atoms with van der Waals surface area (Å²) in [6, 6.07) is 20.7. The minimum absolute atomic E-state index is 0.684. The summed E-state index contributed by atoms with van der Waals surface area (Å²) < 4.78 is 11.7. The molecule has 2 aromatic rings. The first-order valence-corrected chi connectivity index (χ1v) is 9.94. The van der Waals surface area contributed by atoms with E-state index in [1.807, 2.05) is 12.1 Å². The third-order valence-corrected chi connectivity index (χ3v) is 4.83. The Balaban J connectivity index is 1.40. The fraction of sp³-hybridized carbons (Fsp3) is 0.360. The van der Waals surface area contributed by atoms with Crippen molar-refractivity contribution in [3.63, 3.8) is 0 Å². The van der Waals surface area contributed by atoms with Crippen LogP contribution in [0.15, 0.2) is 84.0 Å². The molecule has 27 heavy (non-hydrogen) atoms. The highest BCUT2D eigenvalue weighted by Gasteiger charge is 2.17. The van der Waals surface area contributed by atoms with Gasteiger partial charge in [-0.05, 0) is 47.5 Å². The molecule has 0 saturated heterocycles. The molecule has 0 spiro atoms. The lowest BCUT2D eigenvalue weighted by Gasteiger charge is -2.24. The zero-order valence-electron chi connectivity index (χ0n) is 16.3. The highest BCUT2D eigenvalue weighted by atomic mass is 16.5. The molecule has 0 aliphatic heterocycles. The summed E-state index contributed by atoms with van der Waals surface area (Å²) in [6.07, 6.45) is 7.84. The molecule has 1 aliphatic rings. The Morgan fingerprint density at radius 2 is 1.44 bits per heavy atom. The molecule has 0 radical (unpaired) electrons. The standard InChI is InChI=1S/C25H30O2/c1-21-17-25(18-21)24(14-16-27-20-23-11-6-3-7-12-23)13-8-15-26-19-22-9-4-2-5-10-22/h2-7,9-13,17,21H,8,14-16,18-20H2,1H3/b24-13-. The second kappa shape index (κ2) is 10.9. The Morgan fingerprint density at radius 1 is 0.889 bits per heavy atom. The van der Waals surface area contributed by atoms with E-state index in [-0.39, 0.29) is 0 Å². The van der Waals surface area contributed by atoms with Gasteiger partial charge in [0.25, 0.3) is 0 Å². The Kier molecular flexibility index (Phi) is 7.88. The summed E-state index contributed by atoms with van der Waals surface area (Å²) in [4.78, 5) is 0. The van der Waals surface area contributed by atoms with E-state index in [1.165, 1.54) is 28.7 Å². The van der Waals surface area contributed by atoms with Crippen molar-refractivity contribution in [1.29, 1.82) is 0 Å². The van der Waals surface area contributed by atoms with E-state index in [2.05, 4.69) is 67.6 Å². The van der Waals surface area contributed by atoms with Gasteiger partial charge in [-0.15, -0.1) is 0 Å². The van der Waals surface area contributed by atoms with Crippen molar-refractivity contribution in [3.8, 4) is 0 Å². The average Bonchev–Trinajstić information content (AvgIpc) is 2.69. The molecule has 0 amide bonds. The second-order valence-electron chi connectivity index (χ2n) is 7.22. The van der Waals surface area contributed by atoms with Crippen molar-refractivity contribution in [2.75, 3.05) is 13.2 Å². The van der Waals surface area contributed by atoms with Gasteiger partial charge in [-0.2, -0.15) is 0 Å². The smallest absolute Gasteiger partial charge is 0.0717 e. The Morgan fingerprint density at radius 3 is 2.00 bits per heavy atom. The zero-order valence-corrected chi connectivity index (χ0v) is 16.3. The quantitative estimate of drug-likeness (QED) is 0.450. The molecule has 1 atom stereocenters. The van der Waals surface area contributed by atoms with Crippen LogP contribution in [0, 0.1) is 5.92 Å². The fourth-order valence-electron chi connectivity index (χ4n) is 3.32. The number of hydrogen-bond acceptors (Lipinski definition) is 2. The molecule has 2 nitrogen and oxygen atoms in total. The van der Waals surface area contributed by atoms with Gasteiger partial charge in [-0.3, -0.25) is 0 Å². The van der Waals surface area contributed by atoms with Crippen LogP contribution >= 0.6 is 0 Å². The molecule has 2 heteroatoms. The van der Waals surface area contributed by atoms with Gasteiger partial charge in [0.2, 0.25) is 0 Å². The first kappa shape index (κ1) is 19.6. The topological polar surface area (TPSA) is 18.5 Å². The molecule has 1 aliphatic carbocycles. The number of allylic oxidation sites excluding steroid dienone is 2. The van der Waals surface area contributed by atoms with Gasteiger partial charge in [-0.1, -0.05) is 79.7 Å². The van der Waals surface area contributed by atoms with Crippen molar-refractivity contribution in [3.05, 3.63) is 95.1 Å². The number of hydrogen-bond donors (Lipinski definition) is 0. The van der Waals surface area contributed by atoms with Gasteiger partial charge in [0.15, 0.2) is 0 Å². The minimum Gasteiger partial charge on any atom is -0.376 e. The van der Waals surface area contributed by atoms with Crippen LogP contribution in [0.5, 0.6) is 0 Å². The third-order valence-electron chi connectivity index (χ3n) is 4.83. The summed E-state index contributed by atoms with van der Waals surface area (Å²) in [7, 11) is 0. The first-order valence-electron chi connectivity index (χ1n) is 9.94. The minimum atomic E-state index is 0.684. The van der Waals surface area contributed by atoms with Crippen molar-refractivity contribution in [2.24, 2.45) is 5.92 Å². The van der Waals surface area contributed by atoms with Crippen molar-refractivity contribution in [2.45, 2.75) is 39.4 Å². The molecule has 142 valence electrons. The van der Waals surface area contributed by atoms with Gasteiger partial charge in [0, 0.05) is 0 Å².